The Labute approximate surface area is 173 Å². The van der Waals surface area contributed by atoms with Gasteiger partial charge in [-0.1, -0.05) is 0 Å². The maximum Gasteiger partial charge on any atom is 0.330 e. The molecule has 3 aliphatic rings. The monoisotopic (exact) mass is 407 g/mol. The summed E-state index contributed by atoms with van der Waals surface area (Å²) in [5, 5.41) is 3.29. The SMILES string of the molecule is Cc1cc2c(cc1Nc1ncc3c(n1)n(C1CCC4(CC1)CC4)c(=O)n3C)OCO2. The second-order valence-corrected chi connectivity index (χ2v) is 8.99. The maximum atomic E-state index is 13.0. The molecule has 0 unspecified atom stereocenters. The van der Waals surface area contributed by atoms with Crippen LogP contribution in [0.1, 0.15) is 50.1 Å². The van der Waals surface area contributed by atoms with Gasteiger partial charge in [0.15, 0.2) is 17.1 Å². The normalized spacial score (nSPS) is 19.5. The molecule has 2 aliphatic carbocycles. The van der Waals surface area contributed by atoms with Crippen molar-refractivity contribution in [3.05, 3.63) is 34.4 Å². The molecule has 1 N–H and O–H groups in total. The minimum absolute atomic E-state index is 0.00698. The van der Waals surface area contributed by atoms with Gasteiger partial charge in [-0.2, -0.15) is 4.98 Å². The van der Waals surface area contributed by atoms with E-state index in [4.69, 9.17) is 14.5 Å². The highest BCUT2D eigenvalue weighted by atomic mass is 16.7. The Hall–Kier alpha value is -3.03. The number of anilines is 2. The predicted molar refractivity (Wildman–Crippen MR) is 113 cm³/mol. The minimum atomic E-state index is -0.00698. The number of nitrogens with zero attached hydrogens (tertiary/aromatic N) is 4. The van der Waals surface area contributed by atoms with E-state index in [0.717, 1.165) is 35.4 Å². The van der Waals surface area contributed by atoms with Crippen LogP contribution in [0, 0.1) is 12.3 Å². The molecule has 6 rings (SSSR count). The lowest BCUT2D eigenvalue weighted by Crippen LogP contribution is -2.29. The van der Waals surface area contributed by atoms with E-state index in [1.54, 1.807) is 17.8 Å². The van der Waals surface area contributed by atoms with Crippen LogP contribution < -0.4 is 20.5 Å². The summed E-state index contributed by atoms with van der Waals surface area (Å²) < 4.78 is 14.5. The molecule has 3 aromatic rings. The van der Waals surface area contributed by atoms with Crippen LogP contribution >= 0.6 is 0 Å². The smallest absolute Gasteiger partial charge is 0.330 e. The first kappa shape index (κ1) is 17.8. The van der Waals surface area contributed by atoms with Crippen molar-refractivity contribution in [2.45, 2.75) is 51.5 Å². The molecule has 0 bridgehead atoms. The Morgan fingerprint density at radius 1 is 1.13 bits per heavy atom. The molecular weight excluding hydrogens is 382 g/mol. The summed E-state index contributed by atoms with van der Waals surface area (Å²) >= 11 is 0. The molecule has 8 heteroatoms. The number of aromatic nitrogens is 4. The number of hydrogen-bond acceptors (Lipinski definition) is 6. The van der Waals surface area contributed by atoms with Crippen molar-refractivity contribution in [1.29, 1.82) is 0 Å². The Bertz CT molecular complexity index is 1210. The zero-order valence-electron chi connectivity index (χ0n) is 17.3. The van der Waals surface area contributed by atoms with Gasteiger partial charge in [0.1, 0.15) is 5.52 Å². The largest absolute Gasteiger partial charge is 0.454 e. The molecule has 2 aromatic heterocycles. The first-order valence-electron chi connectivity index (χ1n) is 10.6. The van der Waals surface area contributed by atoms with Gasteiger partial charge in [-0.15, -0.1) is 0 Å². The molecule has 156 valence electrons. The van der Waals surface area contributed by atoms with Gasteiger partial charge in [0, 0.05) is 24.8 Å². The highest BCUT2D eigenvalue weighted by molar-refractivity contribution is 5.73. The standard InChI is InChI=1S/C22H25N5O3/c1-13-9-17-18(30-12-29-17)10-15(13)24-20-23-11-16-19(25-20)27(21(28)26(16)2)14-3-5-22(6-4-14)7-8-22/h9-11,14H,3-8,12H2,1-2H3,(H,23,24,25). The van der Waals surface area contributed by atoms with Crippen LogP contribution in [0.2, 0.25) is 0 Å². The number of rotatable bonds is 3. The minimum Gasteiger partial charge on any atom is -0.454 e. The molecule has 30 heavy (non-hydrogen) atoms. The van der Waals surface area contributed by atoms with Crippen molar-refractivity contribution in [2.24, 2.45) is 12.5 Å². The summed E-state index contributed by atoms with van der Waals surface area (Å²) in [4.78, 5) is 22.2. The molecule has 1 aromatic carbocycles. The van der Waals surface area contributed by atoms with Crippen LogP contribution in [0.15, 0.2) is 23.1 Å². The van der Waals surface area contributed by atoms with Crippen molar-refractivity contribution in [3.63, 3.8) is 0 Å². The molecule has 1 spiro atoms. The Kier molecular flexibility index (Phi) is 3.70. The molecule has 2 saturated carbocycles. The average Bonchev–Trinajstić information content (AvgIpc) is 3.26. The Morgan fingerprint density at radius 3 is 2.60 bits per heavy atom. The maximum absolute atomic E-state index is 13.0. The highest BCUT2D eigenvalue weighted by Crippen LogP contribution is 2.57. The summed E-state index contributed by atoms with van der Waals surface area (Å²) in [5.74, 6) is 1.92. The van der Waals surface area contributed by atoms with E-state index >= 15 is 0 Å². The topological polar surface area (TPSA) is 83.2 Å². The van der Waals surface area contributed by atoms with Crippen LogP contribution in [0.5, 0.6) is 11.5 Å². The Morgan fingerprint density at radius 2 is 1.87 bits per heavy atom. The molecule has 0 saturated heterocycles. The van der Waals surface area contributed by atoms with Crippen LogP contribution in [0.4, 0.5) is 11.6 Å². The molecule has 3 heterocycles. The third-order valence-electron chi connectivity index (χ3n) is 7.14. The first-order valence-corrected chi connectivity index (χ1v) is 10.6. The number of nitrogens with one attached hydrogen (secondary N) is 1. The molecular formula is C22H25N5O3. The number of hydrogen-bond donors (Lipinski definition) is 1. The number of aryl methyl sites for hydroxylation is 2. The molecule has 2 fully saturated rings. The fourth-order valence-electron chi connectivity index (χ4n) is 4.97. The quantitative estimate of drug-likeness (QED) is 0.711. The zero-order valence-corrected chi connectivity index (χ0v) is 17.3. The third-order valence-corrected chi connectivity index (χ3v) is 7.14. The van der Waals surface area contributed by atoms with E-state index in [0.29, 0.717) is 22.8 Å². The zero-order chi connectivity index (χ0) is 20.5. The number of ether oxygens (including phenoxy) is 2. The molecule has 0 radical (unpaired) electrons. The Balaban J connectivity index is 1.37. The highest BCUT2D eigenvalue weighted by Gasteiger charge is 2.45. The predicted octanol–water partition coefficient (Wildman–Crippen LogP) is 3.81. The molecule has 0 amide bonds. The van der Waals surface area contributed by atoms with Crippen molar-refractivity contribution < 1.29 is 9.47 Å². The summed E-state index contributed by atoms with van der Waals surface area (Å²) in [7, 11) is 1.80. The van der Waals surface area contributed by atoms with Crippen molar-refractivity contribution >= 4 is 22.8 Å². The lowest BCUT2D eigenvalue weighted by Gasteiger charge is -2.28. The second-order valence-electron chi connectivity index (χ2n) is 8.99. The number of imidazole rings is 1. The van der Waals surface area contributed by atoms with Gasteiger partial charge < -0.3 is 14.8 Å². The van der Waals surface area contributed by atoms with Crippen molar-refractivity contribution in [3.8, 4) is 11.5 Å². The number of benzene rings is 1. The van der Waals surface area contributed by atoms with Crippen molar-refractivity contribution in [2.75, 3.05) is 12.1 Å². The van der Waals surface area contributed by atoms with Gasteiger partial charge in [0.2, 0.25) is 12.7 Å². The van der Waals surface area contributed by atoms with E-state index in [-0.39, 0.29) is 18.5 Å². The van der Waals surface area contributed by atoms with Crippen LogP contribution in [-0.2, 0) is 7.05 Å². The summed E-state index contributed by atoms with van der Waals surface area (Å²) in [6.45, 7) is 2.23. The third kappa shape index (κ3) is 2.69. The van der Waals surface area contributed by atoms with Crippen LogP contribution in [-0.4, -0.2) is 25.9 Å². The number of fused-ring (bicyclic) bond motifs is 2. The second kappa shape index (κ2) is 6.23. The van der Waals surface area contributed by atoms with Gasteiger partial charge in [-0.25, -0.2) is 9.78 Å². The van der Waals surface area contributed by atoms with E-state index in [1.165, 1.54) is 25.7 Å². The van der Waals surface area contributed by atoms with Gasteiger partial charge >= 0.3 is 5.69 Å². The van der Waals surface area contributed by atoms with E-state index < -0.39 is 0 Å². The molecule has 8 nitrogen and oxygen atoms in total. The first-order chi connectivity index (χ1) is 14.5. The molecule has 0 atom stereocenters. The van der Waals surface area contributed by atoms with E-state index in [1.807, 2.05) is 23.6 Å². The van der Waals surface area contributed by atoms with Crippen molar-refractivity contribution in [1.82, 2.24) is 19.1 Å². The molecule has 1 aliphatic heterocycles. The van der Waals surface area contributed by atoms with Crippen LogP contribution in [0.25, 0.3) is 11.2 Å². The van der Waals surface area contributed by atoms with Gasteiger partial charge in [0.25, 0.3) is 0 Å². The lowest BCUT2D eigenvalue weighted by atomic mass is 9.83. The van der Waals surface area contributed by atoms with Crippen LogP contribution in [0.3, 0.4) is 0 Å². The van der Waals surface area contributed by atoms with Gasteiger partial charge in [-0.05, 0) is 62.5 Å². The summed E-state index contributed by atoms with van der Waals surface area (Å²) in [6.07, 6.45) is 8.97. The van der Waals surface area contributed by atoms with E-state index in [9.17, 15) is 4.79 Å². The van der Waals surface area contributed by atoms with Gasteiger partial charge in [0.05, 0.1) is 6.20 Å². The average molecular weight is 407 g/mol. The van der Waals surface area contributed by atoms with E-state index in [2.05, 4.69) is 10.3 Å². The summed E-state index contributed by atoms with van der Waals surface area (Å²) in [5.41, 5.74) is 3.91. The fourth-order valence-corrected chi connectivity index (χ4v) is 4.97. The fraction of sp³-hybridized carbons (Fsp3) is 0.500. The lowest BCUT2D eigenvalue weighted by molar-refractivity contribution is 0.174. The summed E-state index contributed by atoms with van der Waals surface area (Å²) in [6, 6.07) is 4.05. The van der Waals surface area contributed by atoms with Gasteiger partial charge in [-0.3, -0.25) is 9.13 Å².